The maximum absolute atomic E-state index is 6.18. The minimum absolute atomic E-state index is 0.0865. The molecular weight excluding hydrogens is 385 g/mol. The first-order valence-corrected chi connectivity index (χ1v) is 7.76. The summed E-state index contributed by atoms with van der Waals surface area (Å²) < 4.78 is 0.914. The molecule has 1 heterocycles. The van der Waals surface area contributed by atoms with Gasteiger partial charge in [-0.15, -0.1) is 0 Å². The topological polar surface area (TPSA) is 51.8 Å². The van der Waals surface area contributed by atoms with Crippen LogP contribution in [0, 0.1) is 10.5 Å². The van der Waals surface area contributed by atoms with Crippen molar-refractivity contribution >= 4 is 40.0 Å². The number of nitrogen functional groups attached to an aromatic ring is 1. The SMILES string of the molecule is Cc1ccc(-c2nc(N)c(I)c(C(C)(C)C)n2)cc1Cl. The Labute approximate surface area is 138 Å². The molecule has 0 saturated carbocycles. The molecule has 1 aromatic heterocycles. The Hall–Kier alpha value is -0.880. The highest BCUT2D eigenvalue weighted by Crippen LogP contribution is 2.31. The first-order valence-electron chi connectivity index (χ1n) is 6.30. The van der Waals surface area contributed by atoms with Crippen LogP contribution in [0.4, 0.5) is 5.82 Å². The van der Waals surface area contributed by atoms with Gasteiger partial charge in [0.1, 0.15) is 5.82 Å². The fraction of sp³-hybridized carbons (Fsp3) is 0.333. The summed E-state index contributed by atoms with van der Waals surface area (Å²) in [6.45, 7) is 8.31. The fourth-order valence-corrected chi connectivity index (χ4v) is 3.05. The molecule has 0 spiro atoms. The van der Waals surface area contributed by atoms with Crippen molar-refractivity contribution in [1.82, 2.24) is 9.97 Å². The van der Waals surface area contributed by atoms with Crippen molar-refractivity contribution in [3.63, 3.8) is 0 Å². The summed E-state index contributed by atoms with van der Waals surface area (Å²) in [5.41, 5.74) is 8.82. The number of hydrogen-bond donors (Lipinski definition) is 1. The van der Waals surface area contributed by atoms with Crippen LogP contribution in [0.2, 0.25) is 5.02 Å². The monoisotopic (exact) mass is 401 g/mol. The van der Waals surface area contributed by atoms with Crippen LogP contribution in [-0.4, -0.2) is 9.97 Å². The van der Waals surface area contributed by atoms with Crippen molar-refractivity contribution in [1.29, 1.82) is 0 Å². The number of hydrogen-bond acceptors (Lipinski definition) is 3. The van der Waals surface area contributed by atoms with Crippen molar-refractivity contribution in [3.05, 3.63) is 38.0 Å². The van der Waals surface area contributed by atoms with Crippen molar-refractivity contribution < 1.29 is 0 Å². The molecular formula is C15H17ClIN3. The van der Waals surface area contributed by atoms with Gasteiger partial charge in [-0.1, -0.05) is 44.5 Å². The quantitative estimate of drug-likeness (QED) is 0.711. The van der Waals surface area contributed by atoms with E-state index >= 15 is 0 Å². The van der Waals surface area contributed by atoms with Crippen LogP contribution in [0.25, 0.3) is 11.4 Å². The molecule has 0 aliphatic heterocycles. The van der Waals surface area contributed by atoms with Crippen molar-refractivity contribution in [2.24, 2.45) is 0 Å². The lowest BCUT2D eigenvalue weighted by Gasteiger charge is -2.21. The lowest BCUT2D eigenvalue weighted by Crippen LogP contribution is -2.18. The molecule has 0 saturated heterocycles. The number of nitrogens with zero attached hydrogens (tertiary/aromatic N) is 2. The number of halogens is 2. The third-order valence-electron chi connectivity index (χ3n) is 3.02. The Bertz CT molecular complexity index is 663. The smallest absolute Gasteiger partial charge is 0.161 e. The highest BCUT2D eigenvalue weighted by molar-refractivity contribution is 14.1. The molecule has 0 aliphatic carbocycles. The van der Waals surface area contributed by atoms with Gasteiger partial charge in [-0.2, -0.15) is 0 Å². The molecule has 0 amide bonds. The summed E-state index contributed by atoms with van der Waals surface area (Å²) in [6.07, 6.45) is 0. The standard InChI is InChI=1S/C15H17ClIN3/c1-8-5-6-9(7-10(8)16)14-19-12(15(2,3)4)11(17)13(18)20-14/h5-7H,1-4H3,(H2,18,19,20). The minimum atomic E-state index is -0.0865. The van der Waals surface area contributed by atoms with Gasteiger partial charge < -0.3 is 5.73 Å². The van der Waals surface area contributed by atoms with Gasteiger partial charge >= 0.3 is 0 Å². The summed E-state index contributed by atoms with van der Waals surface area (Å²) in [5, 5.41) is 0.709. The predicted molar refractivity (Wildman–Crippen MR) is 93.0 cm³/mol. The molecule has 0 unspecified atom stereocenters. The minimum Gasteiger partial charge on any atom is -0.383 e. The van der Waals surface area contributed by atoms with Gasteiger partial charge in [0.05, 0.1) is 9.26 Å². The summed E-state index contributed by atoms with van der Waals surface area (Å²) >= 11 is 8.38. The van der Waals surface area contributed by atoms with E-state index in [1.54, 1.807) is 0 Å². The van der Waals surface area contributed by atoms with Gasteiger partial charge in [-0.25, -0.2) is 9.97 Å². The normalized spacial score (nSPS) is 11.7. The first kappa shape index (κ1) is 15.5. The molecule has 0 bridgehead atoms. The zero-order valence-electron chi connectivity index (χ0n) is 12.0. The average molecular weight is 402 g/mol. The number of aromatic nitrogens is 2. The van der Waals surface area contributed by atoms with Crippen LogP contribution < -0.4 is 5.73 Å². The maximum Gasteiger partial charge on any atom is 0.161 e. The summed E-state index contributed by atoms with van der Waals surface area (Å²) in [6, 6.07) is 5.81. The molecule has 0 aliphatic rings. The number of nitrogens with two attached hydrogens (primary N) is 1. The Kier molecular flexibility index (Phi) is 4.25. The molecule has 106 valence electrons. The van der Waals surface area contributed by atoms with Crippen LogP contribution in [0.5, 0.6) is 0 Å². The van der Waals surface area contributed by atoms with Crippen molar-refractivity contribution in [2.75, 3.05) is 5.73 Å². The lowest BCUT2D eigenvalue weighted by atomic mass is 9.91. The van der Waals surface area contributed by atoms with Gasteiger partial charge in [-0.05, 0) is 41.1 Å². The van der Waals surface area contributed by atoms with Crippen LogP contribution in [0.1, 0.15) is 32.0 Å². The highest BCUT2D eigenvalue weighted by atomic mass is 127. The predicted octanol–water partition coefficient (Wildman–Crippen LogP) is 4.59. The summed E-state index contributed by atoms with van der Waals surface area (Å²) in [4.78, 5) is 9.08. The Balaban J connectivity index is 2.63. The van der Waals surface area contributed by atoms with Gasteiger partial charge in [-0.3, -0.25) is 0 Å². The number of aryl methyl sites for hydroxylation is 1. The Morgan fingerprint density at radius 3 is 2.40 bits per heavy atom. The molecule has 5 heteroatoms. The average Bonchev–Trinajstić information content (AvgIpc) is 2.34. The fourth-order valence-electron chi connectivity index (χ4n) is 1.82. The van der Waals surface area contributed by atoms with E-state index in [1.807, 2.05) is 25.1 Å². The van der Waals surface area contributed by atoms with Crippen LogP contribution in [0.3, 0.4) is 0 Å². The van der Waals surface area contributed by atoms with E-state index in [1.165, 1.54) is 0 Å². The molecule has 2 aromatic rings. The third-order valence-corrected chi connectivity index (χ3v) is 4.49. The Morgan fingerprint density at radius 1 is 1.20 bits per heavy atom. The van der Waals surface area contributed by atoms with E-state index in [4.69, 9.17) is 17.3 Å². The lowest BCUT2D eigenvalue weighted by molar-refractivity contribution is 0.564. The maximum atomic E-state index is 6.18. The van der Waals surface area contributed by atoms with E-state index in [9.17, 15) is 0 Å². The zero-order chi connectivity index (χ0) is 15.1. The molecule has 1 aromatic carbocycles. The van der Waals surface area contributed by atoms with Gasteiger partial charge in [0.15, 0.2) is 5.82 Å². The molecule has 0 atom stereocenters. The van der Waals surface area contributed by atoms with E-state index < -0.39 is 0 Å². The number of benzene rings is 1. The number of rotatable bonds is 1. The molecule has 0 radical (unpaired) electrons. The molecule has 2 rings (SSSR count). The van der Waals surface area contributed by atoms with E-state index in [-0.39, 0.29) is 5.41 Å². The zero-order valence-corrected chi connectivity index (χ0v) is 14.9. The van der Waals surface area contributed by atoms with Crippen molar-refractivity contribution in [3.8, 4) is 11.4 Å². The van der Waals surface area contributed by atoms with Gasteiger partial charge in [0, 0.05) is 16.0 Å². The van der Waals surface area contributed by atoms with E-state index in [2.05, 4.69) is 53.3 Å². The van der Waals surface area contributed by atoms with Crippen LogP contribution in [-0.2, 0) is 5.41 Å². The van der Waals surface area contributed by atoms with Crippen LogP contribution >= 0.6 is 34.2 Å². The van der Waals surface area contributed by atoms with Crippen LogP contribution in [0.15, 0.2) is 18.2 Å². The second-order valence-corrected chi connectivity index (χ2v) is 7.29. The largest absolute Gasteiger partial charge is 0.383 e. The molecule has 20 heavy (non-hydrogen) atoms. The summed E-state index contributed by atoms with van der Waals surface area (Å²) in [7, 11) is 0. The van der Waals surface area contributed by atoms with Gasteiger partial charge in [0.2, 0.25) is 0 Å². The first-order chi connectivity index (χ1) is 9.20. The Morgan fingerprint density at radius 2 is 1.85 bits per heavy atom. The van der Waals surface area contributed by atoms with E-state index in [0.29, 0.717) is 16.7 Å². The third kappa shape index (κ3) is 3.06. The molecule has 3 nitrogen and oxygen atoms in total. The second-order valence-electron chi connectivity index (χ2n) is 5.81. The van der Waals surface area contributed by atoms with E-state index in [0.717, 1.165) is 20.4 Å². The van der Waals surface area contributed by atoms with Crippen molar-refractivity contribution in [2.45, 2.75) is 33.1 Å². The summed E-state index contributed by atoms with van der Waals surface area (Å²) in [5.74, 6) is 1.13. The van der Waals surface area contributed by atoms with Gasteiger partial charge in [0.25, 0.3) is 0 Å². The highest BCUT2D eigenvalue weighted by Gasteiger charge is 2.22. The number of anilines is 1. The molecule has 0 fully saturated rings. The molecule has 2 N–H and O–H groups in total. The second kappa shape index (κ2) is 5.48.